The van der Waals surface area contributed by atoms with Crippen LogP contribution in [-0.4, -0.2) is 51.9 Å². The molecule has 0 aliphatic heterocycles. The van der Waals surface area contributed by atoms with Crippen LogP contribution in [0.15, 0.2) is 102 Å². The van der Waals surface area contributed by atoms with Crippen molar-refractivity contribution in [3.8, 4) is 23.0 Å². The summed E-state index contributed by atoms with van der Waals surface area (Å²) in [6.45, 7) is 0. The Labute approximate surface area is 265 Å². The Balaban J connectivity index is 1.50. The van der Waals surface area contributed by atoms with Crippen LogP contribution in [0.25, 0.3) is 6.08 Å². The van der Waals surface area contributed by atoms with Gasteiger partial charge in [0.15, 0.2) is 0 Å². The molecule has 0 aliphatic rings. The lowest BCUT2D eigenvalue weighted by Gasteiger charge is -2.14. The molecule has 3 N–H and O–H groups in total. The molecule has 0 aromatic heterocycles. The third-order valence-electron chi connectivity index (χ3n) is 6.36. The van der Waals surface area contributed by atoms with Crippen LogP contribution >= 0.6 is 11.8 Å². The normalized spacial score (nSPS) is 10.8. The number of anilines is 2. The van der Waals surface area contributed by atoms with Crippen molar-refractivity contribution in [2.75, 3.05) is 44.8 Å². The summed E-state index contributed by atoms with van der Waals surface area (Å²) in [5, 5.41) is 8.40. The van der Waals surface area contributed by atoms with Crippen molar-refractivity contribution in [3.63, 3.8) is 0 Å². The summed E-state index contributed by atoms with van der Waals surface area (Å²) < 4.78 is 21.3. The summed E-state index contributed by atoms with van der Waals surface area (Å²) in [7, 11) is 6.12. The minimum atomic E-state index is -0.559. The number of ether oxygens (including phenoxy) is 4. The second-order valence-electron chi connectivity index (χ2n) is 9.41. The van der Waals surface area contributed by atoms with Gasteiger partial charge < -0.3 is 34.9 Å². The number of rotatable bonds is 13. The van der Waals surface area contributed by atoms with Crippen LogP contribution in [0.1, 0.15) is 15.9 Å². The third-order valence-corrected chi connectivity index (χ3v) is 7.36. The first-order chi connectivity index (χ1) is 21.8. The Morgan fingerprint density at radius 1 is 0.689 bits per heavy atom. The monoisotopic (exact) mass is 627 g/mol. The number of thioether (sulfide) groups is 1. The number of amides is 3. The zero-order valence-electron chi connectivity index (χ0n) is 25.2. The lowest BCUT2D eigenvalue weighted by Crippen LogP contribution is -2.30. The van der Waals surface area contributed by atoms with Crippen LogP contribution in [0, 0.1) is 0 Å². The molecule has 0 saturated carbocycles. The molecule has 232 valence electrons. The highest BCUT2D eigenvalue weighted by atomic mass is 32.2. The van der Waals surface area contributed by atoms with E-state index in [1.807, 2.05) is 6.07 Å². The van der Waals surface area contributed by atoms with Gasteiger partial charge in [0.05, 0.1) is 34.2 Å². The first-order valence-corrected chi connectivity index (χ1v) is 14.7. The van der Waals surface area contributed by atoms with Gasteiger partial charge in [-0.15, -0.1) is 11.8 Å². The average molecular weight is 628 g/mol. The summed E-state index contributed by atoms with van der Waals surface area (Å²) >= 11 is 1.30. The minimum Gasteiger partial charge on any atom is -0.497 e. The lowest BCUT2D eigenvalue weighted by molar-refractivity contribution is -0.114. The van der Waals surface area contributed by atoms with E-state index in [-0.39, 0.29) is 17.4 Å². The Bertz CT molecular complexity index is 1670. The molecular formula is C34H33N3O7S. The van der Waals surface area contributed by atoms with Crippen LogP contribution in [-0.2, 0) is 9.59 Å². The molecule has 3 amide bonds. The Morgan fingerprint density at radius 3 is 2.07 bits per heavy atom. The van der Waals surface area contributed by atoms with E-state index in [1.165, 1.54) is 46.3 Å². The molecule has 0 unspecified atom stereocenters. The molecule has 4 aromatic carbocycles. The largest absolute Gasteiger partial charge is 0.497 e. The average Bonchev–Trinajstić information content (AvgIpc) is 3.07. The molecule has 0 heterocycles. The van der Waals surface area contributed by atoms with Crippen molar-refractivity contribution in [2.45, 2.75) is 4.90 Å². The third kappa shape index (κ3) is 9.28. The van der Waals surface area contributed by atoms with Crippen LogP contribution in [0.4, 0.5) is 11.4 Å². The number of benzene rings is 4. The summed E-state index contributed by atoms with van der Waals surface area (Å²) in [6.07, 6.45) is 1.52. The molecule has 0 saturated heterocycles. The predicted octanol–water partition coefficient (Wildman–Crippen LogP) is 5.86. The maximum Gasteiger partial charge on any atom is 0.272 e. The van der Waals surface area contributed by atoms with Crippen LogP contribution in [0.3, 0.4) is 0 Å². The molecule has 11 heteroatoms. The fourth-order valence-electron chi connectivity index (χ4n) is 4.14. The number of hydrogen-bond acceptors (Lipinski definition) is 8. The van der Waals surface area contributed by atoms with Gasteiger partial charge in [0.2, 0.25) is 5.91 Å². The van der Waals surface area contributed by atoms with Crippen molar-refractivity contribution in [1.82, 2.24) is 5.32 Å². The van der Waals surface area contributed by atoms with E-state index in [1.54, 1.807) is 84.9 Å². The van der Waals surface area contributed by atoms with Gasteiger partial charge in [-0.2, -0.15) is 0 Å². The van der Waals surface area contributed by atoms with E-state index in [4.69, 9.17) is 18.9 Å². The molecule has 0 bridgehead atoms. The predicted molar refractivity (Wildman–Crippen MR) is 175 cm³/mol. The van der Waals surface area contributed by atoms with Crippen LogP contribution < -0.4 is 34.9 Å². The quantitative estimate of drug-likeness (QED) is 0.124. The maximum absolute atomic E-state index is 13.6. The van der Waals surface area contributed by atoms with Gasteiger partial charge in [0.1, 0.15) is 28.7 Å². The van der Waals surface area contributed by atoms with E-state index in [2.05, 4.69) is 16.0 Å². The summed E-state index contributed by atoms with van der Waals surface area (Å²) in [5.74, 6) is 1.02. The van der Waals surface area contributed by atoms with E-state index >= 15 is 0 Å². The second-order valence-corrected chi connectivity index (χ2v) is 10.5. The zero-order chi connectivity index (χ0) is 32.2. The summed E-state index contributed by atoms with van der Waals surface area (Å²) in [4.78, 5) is 40.0. The van der Waals surface area contributed by atoms with Crippen molar-refractivity contribution in [3.05, 3.63) is 108 Å². The molecule has 4 aromatic rings. The standard InChI is InChI=1S/C34H33N3O7S/c1-41-26-13-14-31(44-4)23(15-26)16-30(37-33(39)22-9-6-5-7-10-22)34(40)36-24-11-8-12-29(19-24)45-21-32(38)35-25-17-27(42-2)20-28(18-25)43-3/h5-20H,21H2,1-4H3,(H,35,38)(H,36,40)(H,37,39)/b30-16+. The summed E-state index contributed by atoms with van der Waals surface area (Å²) in [6, 6.07) is 25.9. The number of methoxy groups -OCH3 is 4. The van der Waals surface area contributed by atoms with Crippen molar-refractivity contribution >= 4 is 46.9 Å². The highest BCUT2D eigenvalue weighted by molar-refractivity contribution is 8.00. The van der Waals surface area contributed by atoms with E-state index in [0.29, 0.717) is 45.5 Å². The highest BCUT2D eigenvalue weighted by Crippen LogP contribution is 2.28. The highest BCUT2D eigenvalue weighted by Gasteiger charge is 2.17. The van der Waals surface area contributed by atoms with Crippen LogP contribution in [0.5, 0.6) is 23.0 Å². The smallest absolute Gasteiger partial charge is 0.272 e. The maximum atomic E-state index is 13.6. The van der Waals surface area contributed by atoms with Gasteiger partial charge in [-0.05, 0) is 54.6 Å². The topological polar surface area (TPSA) is 124 Å². The number of hydrogen-bond donors (Lipinski definition) is 3. The Kier molecular flexibility index (Phi) is 11.5. The van der Waals surface area contributed by atoms with Crippen LogP contribution in [0.2, 0.25) is 0 Å². The van der Waals surface area contributed by atoms with E-state index in [9.17, 15) is 14.4 Å². The van der Waals surface area contributed by atoms with Gasteiger partial charge in [-0.25, -0.2) is 0 Å². The molecule has 10 nitrogen and oxygen atoms in total. The number of nitrogens with one attached hydrogen (secondary N) is 3. The fourth-order valence-corrected chi connectivity index (χ4v) is 4.89. The molecule has 4 rings (SSSR count). The second kappa shape index (κ2) is 15.9. The lowest BCUT2D eigenvalue weighted by atomic mass is 10.1. The molecule has 0 radical (unpaired) electrons. The minimum absolute atomic E-state index is 0.0124. The van der Waals surface area contributed by atoms with Gasteiger partial charge in [-0.3, -0.25) is 14.4 Å². The molecule has 45 heavy (non-hydrogen) atoms. The summed E-state index contributed by atoms with van der Waals surface area (Å²) in [5.41, 5.74) is 1.92. The molecular weight excluding hydrogens is 594 g/mol. The van der Waals surface area contributed by atoms with Gasteiger partial charge in [-0.1, -0.05) is 24.3 Å². The van der Waals surface area contributed by atoms with Crippen molar-refractivity contribution in [1.29, 1.82) is 0 Å². The Hall–Kier alpha value is -5.42. The molecule has 0 aliphatic carbocycles. The van der Waals surface area contributed by atoms with Gasteiger partial charge >= 0.3 is 0 Å². The Morgan fingerprint density at radius 2 is 1.40 bits per heavy atom. The molecule has 0 spiro atoms. The first kappa shape index (κ1) is 32.5. The molecule has 0 fully saturated rings. The zero-order valence-corrected chi connectivity index (χ0v) is 26.0. The van der Waals surface area contributed by atoms with E-state index < -0.39 is 11.8 Å². The van der Waals surface area contributed by atoms with Crippen molar-refractivity contribution < 1.29 is 33.3 Å². The van der Waals surface area contributed by atoms with Crippen molar-refractivity contribution in [2.24, 2.45) is 0 Å². The molecule has 0 atom stereocenters. The fraction of sp³-hybridized carbons (Fsp3) is 0.147. The number of carbonyl (C=O) groups excluding carboxylic acids is 3. The van der Waals surface area contributed by atoms with E-state index in [0.717, 1.165) is 4.90 Å². The SMILES string of the molecule is COc1cc(NC(=O)CSc2cccc(NC(=O)/C(=C\c3cc(OC)ccc3OC)NC(=O)c3ccccc3)c2)cc(OC)c1. The van der Waals surface area contributed by atoms with Gasteiger partial charge in [0.25, 0.3) is 11.8 Å². The number of carbonyl (C=O) groups is 3. The van der Waals surface area contributed by atoms with Gasteiger partial charge in [0, 0.05) is 45.6 Å². The first-order valence-electron chi connectivity index (χ1n) is 13.7.